The molecule has 13 heavy (non-hydrogen) atoms. The molecule has 0 bridgehead atoms. The van der Waals surface area contributed by atoms with Gasteiger partial charge in [0.2, 0.25) is 0 Å². The normalized spacial score (nSPS) is 33.7. The van der Waals surface area contributed by atoms with Crippen molar-refractivity contribution in [3.63, 3.8) is 0 Å². The van der Waals surface area contributed by atoms with E-state index >= 15 is 0 Å². The molecule has 0 amide bonds. The highest BCUT2D eigenvalue weighted by molar-refractivity contribution is 6.54. The molecule has 1 heterocycles. The van der Waals surface area contributed by atoms with E-state index in [4.69, 9.17) is 45.6 Å². The molecule has 0 aromatic rings. The van der Waals surface area contributed by atoms with Crippen molar-refractivity contribution in [3.8, 4) is 0 Å². The molecule has 0 radical (unpaired) electrons. The van der Waals surface area contributed by atoms with Gasteiger partial charge in [0.05, 0.1) is 0 Å². The molecule has 1 rings (SSSR count). The number of nitrogens with two attached hydrogens (primary N) is 1. The van der Waals surface area contributed by atoms with Crippen LogP contribution < -0.4 is 5.73 Å². The summed E-state index contributed by atoms with van der Waals surface area (Å²) in [7, 11) is 0. The number of aliphatic carboxylic acids is 1. The number of hydrogen-bond donors (Lipinski definition) is 2. The van der Waals surface area contributed by atoms with E-state index in [2.05, 4.69) is 4.99 Å². The number of hydrogen-bond acceptors (Lipinski definition) is 3. The Morgan fingerprint density at radius 2 is 2.31 bits per heavy atom. The van der Waals surface area contributed by atoms with Gasteiger partial charge in [-0.1, -0.05) is 23.2 Å². The number of nitrogens with zero attached hydrogens (tertiary/aromatic N) is 1. The summed E-state index contributed by atoms with van der Waals surface area (Å²) in [6.07, 6.45) is 1.19. The summed E-state index contributed by atoms with van der Waals surface area (Å²) in [5, 5.41) is 7.46. The first kappa shape index (κ1) is 10.8. The Hall–Kier alpha value is -0.290. The highest BCUT2D eigenvalue weighted by atomic mass is 35.5. The molecule has 0 saturated heterocycles. The molecule has 0 fully saturated rings. The summed E-state index contributed by atoms with van der Waals surface area (Å²) in [5.74, 6) is -1.29. The van der Waals surface area contributed by atoms with E-state index in [1.54, 1.807) is 0 Å². The first-order valence-corrected chi connectivity index (χ1v) is 4.36. The predicted octanol–water partition coefficient (Wildman–Crippen LogP) is 1.11. The van der Waals surface area contributed by atoms with Crippen LogP contribution in [0.2, 0.25) is 0 Å². The van der Waals surface area contributed by atoms with Crippen LogP contribution >= 0.6 is 34.8 Å². The van der Waals surface area contributed by atoms with Crippen molar-refractivity contribution in [1.29, 1.82) is 0 Å². The molecule has 1 aliphatic rings. The SMILES string of the molecule is NC1(Cl)C=C(Cl)N=C(C(=O)O)C1Cl. The quantitative estimate of drug-likeness (QED) is 0.535. The summed E-state index contributed by atoms with van der Waals surface area (Å²) < 4.78 is 0. The maximum atomic E-state index is 10.6. The van der Waals surface area contributed by atoms with E-state index in [1.165, 1.54) is 6.08 Å². The van der Waals surface area contributed by atoms with Crippen LogP contribution in [0, 0.1) is 0 Å². The van der Waals surface area contributed by atoms with Gasteiger partial charge in [0.15, 0.2) is 0 Å². The summed E-state index contributed by atoms with van der Waals surface area (Å²) in [6, 6.07) is 0. The fraction of sp³-hybridized carbons (Fsp3) is 0.333. The van der Waals surface area contributed by atoms with Gasteiger partial charge in [0.1, 0.15) is 21.2 Å². The summed E-state index contributed by atoms with van der Waals surface area (Å²) in [6.45, 7) is 0. The number of carboxylic acid groups (broad SMARTS) is 1. The molecule has 0 aliphatic carbocycles. The maximum Gasteiger partial charge on any atom is 0.351 e. The summed E-state index contributed by atoms with van der Waals surface area (Å²) >= 11 is 16.9. The third kappa shape index (κ3) is 2.14. The van der Waals surface area contributed by atoms with Gasteiger partial charge in [-0.3, -0.25) is 0 Å². The van der Waals surface area contributed by atoms with Crippen LogP contribution in [0.3, 0.4) is 0 Å². The Balaban J connectivity index is 3.12. The van der Waals surface area contributed by atoms with Gasteiger partial charge in [-0.2, -0.15) is 0 Å². The molecule has 72 valence electrons. The zero-order valence-corrected chi connectivity index (χ0v) is 8.44. The minimum absolute atomic E-state index is 0.0770. The van der Waals surface area contributed by atoms with Gasteiger partial charge in [0.25, 0.3) is 0 Å². The van der Waals surface area contributed by atoms with Crippen molar-refractivity contribution in [3.05, 3.63) is 11.2 Å². The standard InChI is InChI=1S/C6H5Cl3N2O2/c7-2-1-6(9,10)4(8)3(11-2)5(12)13/h1,4H,10H2,(H,12,13). The van der Waals surface area contributed by atoms with Gasteiger partial charge in [-0.05, 0) is 6.08 Å². The van der Waals surface area contributed by atoms with Crippen LogP contribution in [-0.4, -0.2) is 27.2 Å². The molecule has 2 atom stereocenters. The van der Waals surface area contributed by atoms with Gasteiger partial charge in [-0.25, -0.2) is 9.79 Å². The van der Waals surface area contributed by atoms with Crippen molar-refractivity contribution >= 4 is 46.5 Å². The van der Waals surface area contributed by atoms with E-state index < -0.39 is 16.3 Å². The molecule has 7 heteroatoms. The average Bonchev–Trinajstić information content (AvgIpc) is 1.95. The van der Waals surface area contributed by atoms with E-state index in [1.807, 2.05) is 0 Å². The second-order valence-corrected chi connectivity index (χ2v) is 3.94. The van der Waals surface area contributed by atoms with Crippen molar-refractivity contribution in [2.45, 2.75) is 10.4 Å². The van der Waals surface area contributed by atoms with E-state index in [0.29, 0.717) is 0 Å². The molecule has 1 aliphatic heterocycles. The Morgan fingerprint density at radius 1 is 1.77 bits per heavy atom. The van der Waals surface area contributed by atoms with E-state index in [9.17, 15) is 4.79 Å². The second-order valence-electron chi connectivity index (χ2n) is 2.46. The lowest BCUT2D eigenvalue weighted by molar-refractivity contribution is -0.129. The Labute approximate surface area is 89.0 Å². The third-order valence-corrected chi connectivity index (χ3v) is 2.62. The molecule has 0 saturated carbocycles. The molecule has 2 unspecified atom stereocenters. The molecule has 0 aromatic heterocycles. The molecule has 0 aromatic carbocycles. The number of carboxylic acids is 1. The Kier molecular flexibility index (Phi) is 2.87. The first-order valence-electron chi connectivity index (χ1n) is 3.16. The Morgan fingerprint density at radius 3 is 2.77 bits per heavy atom. The summed E-state index contributed by atoms with van der Waals surface area (Å²) in [5.41, 5.74) is 5.11. The monoisotopic (exact) mass is 242 g/mol. The zero-order valence-electron chi connectivity index (χ0n) is 6.17. The highest BCUT2D eigenvalue weighted by Gasteiger charge is 2.39. The van der Waals surface area contributed by atoms with Crippen molar-refractivity contribution < 1.29 is 9.90 Å². The van der Waals surface area contributed by atoms with Crippen LogP contribution in [0.5, 0.6) is 0 Å². The van der Waals surface area contributed by atoms with Crippen LogP contribution in [0.15, 0.2) is 16.2 Å². The van der Waals surface area contributed by atoms with Gasteiger partial charge < -0.3 is 10.8 Å². The lowest BCUT2D eigenvalue weighted by Crippen LogP contribution is -2.49. The maximum absolute atomic E-state index is 10.6. The number of alkyl halides is 2. The van der Waals surface area contributed by atoms with E-state index in [-0.39, 0.29) is 10.9 Å². The number of carbonyl (C=O) groups is 1. The molecule has 0 spiro atoms. The predicted molar refractivity (Wildman–Crippen MR) is 51.4 cm³/mol. The largest absolute Gasteiger partial charge is 0.477 e. The van der Waals surface area contributed by atoms with Gasteiger partial charge in [-0.15, -0.1) is 11.6 Å². The van der Waals surface area contributed by atoms with Gasteiger partial charge in [0, 0.05) is 0 Å². The third-order valence-electron chi connectivity index (χ3n) is 1.42. The zero-order chi connectivity index (χ0) is 10.2. The van der Waals surface area contributed by atoms with Crippen LogP contribution in [0.4, 0.5) is 0 Å². The lowest BCUT2D eigenvalue weighted by atomic mass is 10.1. The topological polar surface area (TPSA) is 75.7 Å². The number of rotatable bonds is 1. The molecular formula is C6H5Cl3N2O2. The fourth-order valence-corrected chi connectivity index (χ4v) is 1.56. The second kappa shape index (κ2) is 3.46. The molecular weight excluding hydrogens is 238 g/mol. The summed E-state index contributed by atoms with van der Waals surface area (Å²) in [4.78, 5) is 12.6. The number of aliphatic imine (C=N–C) groups is 1. The first-order chi connectivity index (χ1) is 5.84. The average molecular weight is 243 g/mol. The molecule has 3 N–H and O–H groups in total. The van der Waals surface area contributed by atoms with Crippen LogP contribution in [0.25, 0.3) is 0 Å². The highest BCUT2D eigenvalue weighted by Crippen LogP contribution is 2.29. The van der Waals surface area contributed by atoms with Crippen molar-refractivity contribution in [1.82, 2.24) is 0 Å². The number of halogens is 3. The van der Waals surface area contributed by atoms with Crippen molar-refractivity contribution in [2.75, 3.05) is 0 Å². The Bertz CT molecular complexity index is 311. The van der Waals surface area contributed by atoms with E-state index in [0.717, 1.165) is 0 Å². The lowest BCUT2D eigenvalue weighted by Gasteiger charge is -2.26. The minimum Gasteiger partial charge on any atom is -0.477 e. The fourth-order valence-electron chi connectivity index (χ4n) is 0.825. The minimum atomic E-state index is -1.51. The molecule has 4 nitrogen and oxygen atoms in total. The smallest absolute Gasteiger partial charge is 0.351 e. The van der Waals surface area contributed by atoms with Crippen molar-refractivity contribution in [2.24, 2.45) is 10.7 Å². The van der Waals surface area contributed by atoms with Gasteiger partial charge >= 0.3 is 5.97 Å². The van der Waals surface area contributed by atoms with Crippen LogP contribution in [0.1, 0.15) is 0 Å². The van der Waals surface area contributed by atoms with Crippen LogP contribution in [-0.2, 0) is 4.79 Å².